The van der Waals surface area contributed by atoms with Crippen LogP contribution in [0.15, 0.2) is 53.7 Å². The monoisotopic (exact) mass is 479 g/mol. The summed E-state index contributed by atoms with van der Waals surface area (Å²) < 4.78 is 18.3. The quantitative estimate of drug-likeness (QED) is 0.428. The number of aromatic nitrogens is 3. The van der Waals surface area contributed by atoms with Crippen LogP contribution in [0.1, 0.15) is 30.8 Å². The maximum absolute atomic E-state index is 13.6. The molecule has 184 valence electrons. The molecule has 1 aliphatic heterocycles. The van der Waals surface area contributed by atoms with Crippen molar-refractivity contribution in [2.75, 3.05) is 38.6 Å². The van der Waals surface area contributed by atoms with Crippen molar-refractivity contribution in [3.05, 3.63) is 65.1 Å². The lowest BCUT2D eigenvalue weighted by Crippen LogP contribution is -2.31. The second kappa shape index (κ2) is 10.5. The predicted octanol–water partition coefficient (Wildman–Crippen LogP) is 3.16. The van der Waals surface area contributed by atoms with Crippen LogP contribution < -0.4 is 24.8 Å². The van der Waals surface area contributed by atoms with Crippen LogP contribution in [0.3, 0.4) is 0 Å². The standard InChI is InChI=1S/C25H29N5O5/c1-15-21(24(32)27-17-9-6-5-7-10-17)22(30-25(26-15)28-20(29-30)11-8-12-31)16-13-18(33-2)23(35-4)19(14-16)34-3/h5-7,9-10,13-14,22,31H,8,11-12H2,1-4H3,(H,27,32)(H,26,28,29). The summed E-state index contributed by atoms with van der Waals surface area (Å²) >= 11 is 0. The first-order chi connectivity index (χ1) is 17.0. The smallest absolute Gasteiger partial charge is 0.255 e. The minimum Gasteiger partial charge on any atom is -0.493 e. The van der Waals surface area contributed by atoms with Crippen LogP contribution in [-0.2, 0) is 11.2 Å². The van der Waals surface area contributed by atoms with Crippen molar-refractivity contribution in [1.29, 1.82) is 0 Å². The van der Waals surface area contributed by atoms with E-state index in [9.17, 15) is 9.90 Å². The fraction of sp³-hybridized carbons (Fsp3) is 0.320. The first-order valence-electron chi connectivity index (χ1n) is 11.2. The number of hydrogen-bond donors (Lipinski definition) is 3. The molecule has 1 atom stereocenters. The minimum atomic E-state index is -0.626. The second-order valence-corrected chi connectivity index (χ2v) is 7.97. The number of carbonyl (C=O) groups is 1. The highest BCUT2D eigenvalue weighted by molar-refractivity contribution is 6.06. The zero-order chi connectivity index (χ0) is 24.9. The van der Waals surface area contributed by atoms with Gasteiger partial charge in [-0.15, -0.1) is 0 Å². The molecular formula is C25H29N5O5. The van der Waals surface area contributed by atoms with Crippen LogP contribution in [0.4, 0.5) is 11.6 Å². The van der Waals surface area contributed by atoms with Gasteiger partial charge in [-0.1, -0.05) is 18.2 Å². The van der Waals surface area contributed by atoms with Gasteiger partial charge in [-0.25, -0.2) is 4.68 Å². The summed E-state index contributed by atoms with van der Waals surface area (Å²) in [4.78, 5) is 18.2. The van der Waals surface area contributed by atoms with E-state index in [2.05, 4.69) is 20.7 Å². The first-order valence-corrected chi connectivity index (χ1v) is 11.2. The molecule has 0 radical (unpaired) electrons. The van der Waals surface area contributed by atoms with Crippen molar-refractivity contribution in [3.63, 3.8) is 0 Å². The molecule has 2 aromatic carbocycles. The van der Waals surface area contributed by atoms with Gasteiger partial charge < -0.3 is 30.0 Å². The predicted molar refractivity (Wildman–Crippen MR) is 131 cm³/mol. The molecule has 10 nitrogen and oxygen atoms in total. The molecule has 0 spiro atoms. The van der Waals surface area contributed by atoms with Crippen LogP contribution in [0.25, 0.3) is 0 Å². The number of ether oxygens (including phenoxy) is 3. The molecule has 1 amide bonds. The zero-order valence-corrected chi connectivity index (χ0v) is 20.2. The number of hydrogen-bond acceptors (Lipinski definition) is 8. The number of carbonyl (C=O) groups excluding carboxylic acids is 1. The molecule has 2 heterocycles. The fourth-order valence-electron chi connectivity index (χ4n) is 4.12. The number of aliphatic hydroxyl groups is 1. The Balaban J connectivity index is 1.85. The Morgan fingerprint density at radius 2 is 1.80 bits per heavy atom. The third-order valence-electron chi connectivity index (χ3n) is 5.73. The summed E-state index contributed by atoms with van der Waals surface area (Å²) in [5.41, 5.74) is 2.49. The van der Waals surface area contributed by atoms with Gasteiger partial charge in [0.25, 0.3) is 5.91 Å². The molecule has 0 bridgehead atoms. The van der Waals surface area contributed by atoms with Crippen molar-refractivity contribution < 1.29 is 24.1 Å². The number of rotatable bonds is 9. The van der Waals surface area contributed by atoms with Crippen LogP contribution in [0.2, 0.25) is 0 Å². The lowest BCUT2D eigenvalue weighted by Gasteiger charge is -2.29. The summed E-state index contributed by atoms with van der Waals surface area (Å²) in [6.45, 7) is 1.87. The molecule has 1 unspecified atom stereocenters. The molecule has 4 rings (SSSR count). The molecule has 0 saturated carbocycles. The molecule has 0 saturated heterocycles. The number of allylic oxidation sites excluding steroid dienone is 1. The average Bonchev–Trinajstić information content (AvgIpc) is 3.28. The molecule has 1 aliphatic rings. The molecule has 1 aromatic heterocycles. The highest BCUT2D eigenvalue weighted by atomic mass is 16.5. The lowest BCUT2D eigenvalue weighted by molar-refractivity contribution is -0.113. The molecule has 10 heteroatoms. The van der Waals surface area contributed by atoms with Gasteiger partial charge in [0.05, 0.1) is 26.9 Å². The molecular weight excluding hydrogens is 450 g/mol. The van der Waals surface area contributed by atoms with E-state index in [4.69, 9.17) is 14.2 Å². The number of nitrogens with one attached hydrogen (secondary N) is 2. The summed E-state index contributed by atoms with van der Waals surface area (Å²) in [6, 6.07) is 12.2. The number of benzene rings is 2. The largest absolute Gasteiger partial charge is 0.493 e. The Bertz CT molecular complexity index is 1210. The first kappa shape index (κ1) is 24.1. The van der Waals surface area contributed by atoms with E-state index in [-0.39, 0.29) is 12.5 Å². The highest BCUT2D eigenvalue weighted by Crippen LogP contribution is 2.44. The van der Waals surface area contributed by atoms with E-state index in [0.717, 1.165) is 0 Å². The number of amides is 1. The summed E-state index contributed by atoms with van der Waals surface area (Å²) in [5, 5.41) is 20.1. The molecule has 0 aliphatic carbocycles. The van der Waals surface area contributed by atoms with E-state index in [0.29, 0.717) is 64.4 Å². The molecule has 3 N–H and O–H groups in total. The number of para-hydroxylation sites is 1. The fourth-order valence-corrected chi connectivity index (χ4v) is 4.12. The molecule has 3 aromatic rings. The second-order valence-electron chi connectivity index (χ2n) is 7.97. The van der Waals surface area contributed by atoms with Crippen molar-refractivity contribution in [1.82, 2.24) is 14.8 Å². The Morgan fingerprint density at radius 1 is 1.11 bits per heavy atom. The van der Waals surface area contributed by atoms with Crippen LogP contribution in [0, 0.1) is 0 Å². The Morgan fingerprint density at radius 3 is 2.40 bits per heavy atom. The van der Waals surface area contributed by atoms with Crippen LogP contribution in [-0.4, -0.2) is 53.7 Å². The van der Waals surface area contributed by atoms with Gasteiger partial charge in [-0.2, -0.15) is 10.1 Å². The van der Waals surface area contributed by atoms with Crippen LogP contribution in [0.5, 0.6) is 17.2 Å². The van der Waals surface area contributed by atoms with Crippen molar-refractivity contribution in [3.8, 4) is 17.2 Å². The molecule has 35 heavy (non-hydrogen) atoms. The maximum Gasteiger partial charge on any atom is 0.255 e. The summed E-state index contributed by atoms with van der Waals surface area (Å²) in [5.74, 6) is 2.16. The normalized spacial score (nSPS) is 14.7. The third-order valence-corrected chi connectivity index (χ3v) is 5.73. The van der Waals surface area contributed by atoms with E-state index in [1.54, 1.807) is 31.0 Å². The maximum atomic E-state index is 13.6. The van der Waals surface area contributed by atoms with Gasteiger partial charge in [0.1, 0.15) is 6.04 Å². The number of aryl methyl sites for hydroxylation is 1. The van der Waals surface area contributed by atoms with Gasteiger partial charge in [-0.3, -0.25) is 4.79 Å². The van der Waals surface area contributed by atoms with E-state index < -0.39 is 6.04 Å². The number of methoxy groups -OCH3 is 3. The summed E-state index contributed by atoms with van der Waals surface area (Å²) in [7, 11) is 4.62. The van der Waals surface area contributed by atoms with Gasteiger partial charge in [0.2, 0.25) is 11.7 Å². The number of aliphatic hydroxyl groups excluding tert-OH is 1. The average molecular weight is 480 g/mol. The van der Waals surface area contributed by atoms with Crippen molar-refractivity contribution in [2.24, 2.45) is 0 Å². The van der Waals surface area contributed by atoms with Crippen molar-refractivity contribution >= 4 is 17.5 Å². The number of fused-ring (bicyclic) bond motifs is 1. The van der Waals surface area contributed by atoms with Gasteiger partial charge in [0, 0.05) is 24.4 Å². The topological polar surface area (TPSA) is 120 Å². The Kier molecular flexibility index (Phi) is 7.21. The summed E-state index contributed by atoms with van der Waals surface area (Å²) in [6.07, 6.45) is 1.04. The highest BCUT2D eigenvalue weighted by Gasteiger charge is 2.35. The van der Waals surface area contributed by atoms with Gasteiger partial charge in [0.15, 0.2) is 17.3 Å². The van der Waals surface area contributed by atoms with Crippen LogP contribution >= 0.6 is 0 Å². The van der Waals surface area contributed by atoms with Gasteiger partial charge in [-0.05, 0) is 43.2 Å². The van der Waals surface area contributed by atoms with E-state index in [1.807, 2.05) is 37.3 Å². The van der Waals surface area contributed by atoms with Crippen molar-refractivity contribution in [2.45, 2.75) is 25.8 Å². The SMILES string of the molecule is COc1cc(C2C(C(=O)Nc3ccccc3)=C(C)Nc3nc(CCCO)nn32)cc(OC)c1OC. The zero-order valence-electron chi connectivity index (χ0n) is 20.2. The van der Waals surface area contributed by atoms with Gasteiger partial charge >= 0.3 is 0 Å². The lowest BCUT2D eigenvalue weighted by atomic mass is 9.94. The Labute approximate surface area is 203 Å². The Hall–Kier alpha value is -4.05. The third kappa shape index (κ3) is 4.78. The van der Waals surface area contributed by atoms with E-state index >= 15 is 0 Å². The number of nitrogens with zero attached hydrogens (tertiary/aromatic N) is 3. The minimum absolute atomic E-state index is 0.0373. The molecule has 0 fully saturated rings. The van der Waals surface area contributed by atoms with E-state index in [1.165, 1.54) is 7.11 Å². The number of anilines is 2.